The van der Waals surface area contributed by atoms with E-state index in [-0.39, 0.29) is 12.3 Å². The maximum Gasteiger partial charge on any atom is 0.242 e. The molecule has 1 rings (SSSR count). The van der Waals surface area contributed by atoms with Crippen LogP contribution in [0.3, 0.4) is 0 Å². The van der Waals surface area contributed by atoms with Crippen LogP contribution in [-0.4, -0.2) is 11.9 Å². The SMILES string of the molecule is C#CCC(N)C(=O)Nc1ccc(CC)cc1. The second-order valence-corrected chi connectivity index (χ2v) is 3.55. The van der Waals surface area contributed by atoms with Crippen molar-refractivity contribution in [1.82, 2.24) is 0 Å². The molecular weight excluding hydrogens is 200 g/mol. The maximum absolute atomic E-state index is 11.5. The minimum atomic E-state index is -0.643. The summed E-state index contributed by atoms with van der Waals surface area (Å²) in [5.74, 6) is 2.12. The van der Waals surface area contributed by atoms with Gasteiger partial charge in [-0.25, -0.2) is 0 Å². The highest BCUT2D eigenvalue weighted by molar-refractivity contribution is 5.94. The van der Waals surface area contributed by atoms with Gasteiger partial charge in [-0.1, -0.05) is 19.1 Å². The molecule has 0 aliphatic rings. The molecule has 84 valence electrons. The predicted molar refractivity (Wildman–Crippen MR) is 65.9 cm³/mol. The highest BCUT2D eigenvalue weighted by atomic mass is 16.2. The molecule has 0 aliphatic carbocycles. The first kappa shape index (κ1) is 12.3. The Morgan fingerprint density at radius 1 is 1.50 bits per heavy atom. The number of benzene rings is 1. The van der Waals surface area contributed by atoms with Crippen LogP contribution in [0.1, 0.15) is 18.9 Å². The summed E-state index contributed by atoms with van der Waals surface area (Å²) in [6.07, 6.45) is 6.31. The first-order valence-corrected chi connectivity index (χ1v) is 5.26. The molecule has 0 heterocycles. The van der Waals surface area contributed by atoms with Gasteiger partial charge in [0.2, 0.25) is 5.91 Å². The van der Waals surface area contributed by atoms with Crippen molar-refractivity contribution in [3.05, 3.63) is 29.8 Å². The molecule has 3 nitrogen and oxygen atoms in total. The van der Waals surface area contributed by atoms with Crippen LogP contribution < -0.4 is 11.1 Å². The number of rotatable bonds is 4. The average molecular weight is 216 g/mol. The molecule has 0 radical (unpaired) electrons. The van der Waals surface area contributed by atoms with E-state index in [1.54, 1.807) is 0 Å². The normalized spacial score (nSPS) is 11.6. The van der Waals surface area contributed by atoms with Crippen molar-refractivity contribution in [3.8, 4) is 12.3 Å². The van der Waals surface area contributed by atoms with Gasteiger partial charge in [0.25, 0.3) is 0 Å². The smallest absolute Gasteiger partial charge is 0.242 e. The van der Waals surface area contributed by atoms with Crippen LogP contribution in [0.25, 0.3) is 0 Å². The van der Waals surface area contributed by atoms with Crippen molar-refractivity contribution < 1.29 is 4.79 Å². The Labute approximate surface area is 96.0 Å². The van der Waals surface area contributed by atoms with Gasteiger partial charge < -0.3 is 11.1 Å². The molecule has 3 N–H and O–H groups in total. The third-order valence-electron chi connectivity index (χ3n) is 2.30. The molecule has 3 heteroatoms. The molecule has 0 aliphatic heterocycles. The Bertz CT molecular complexity index is 389. The summed E-state index contributed by atoms with van der Waals surface area (Å²) in [5, 5.41) is 2.72. The lowest BCUT2D eigenvalue weighted by Crippen LogP contribution is -2.35. The zero-order valence-electron chi connectivity index (χ0n) is 9.36. The zero-order chi connectivity index (χ0) is 12.0. The first-order valence-electron chi connectivity index (χ1n) is 5.26. The lowest BCUT2D eigenvalue weighted by atomic mass is 10.1. The van der Waals surface area contributed by atoms with Crippen LogP contribution in [0.2, 0.25) is 0 Å². The number of hydrogen-bond acceptors (Lipinski definition) is 2. The van der Waals surface area contributed by atoms with E-state index in [0.29, 0.717) is 0 Å². The minimum Gasteiger partial charge on any atom is -0.325 e. The predicted octanol–water partition coefficient (Wildman–Crippen LogP) is 1.54. The van der Waals surface area contributed by atoms with Gasteiger partial charge in [0, 0.05) is 12.1 Å². The highest BCUT2D eigenvalue weighted by Gasteiger charge is 2.11. The summed E-state index contributed by atoms with van der Waals surface area (Å²) in [7, 11) is 0. The standard InChI is InChI=1S/C13H16N2O/c1-3-5-12(14)13(16)15-11-8-6-10(4-2)7-9-11/h1,6-9,12H,4-5,14H2,2H3,(H,15,16). The van der Waals surface area contributed by atoms with Crippen molar-refractivity contribution in [2.45, 2.75) is 25.8 Å². The molecular formula is C13H16N2O. The second-order valence-electron chi connectivity index (χ2n) is 3.55. The van der Waals surface area contributed by atoms with Crippen molar-refractivity contribution >= 4 is 11.6 Å². The fourth-order valence-corrected chi connectivity index (χ4v) is 1.28. The fourth-order valence-electron chi connectivity index (χ4n) is 1.28. The molecule has 1 unspecified atom stereocenters. The van der Waals surface area contributed by atoms with E-state index >= 15 is 0 Å². The van der Waals surface area contributed by atoms with Gasteiger partial charge in [-0.15, -0.1) is 12.3 Å². The van der Waals surface area contributed by atoms with Crippen LogP contribution in [0, 0.1) is 12.3 Å². The summed E-state index contributed by atoms with van der Waals surface area (Å²) in [6, 6.07) is 7.03. The lowest BCUT2D eigenvalue weighted by Gasteiger charge is -2.09. The number of amides is 1. The van der Waals surface area contributed by atoms with Crippen LogP contribution >= 0.6 is 0 Å². The van der Waals surface area contributed by atoms with E-state index in [1.165, 1.54) is 5.56 Å². The number of hydrogen-bond donors (Lipinski definition) is 2. The van der Waals surface area contributed by atoms with Gasteiger partial charge in [-0.3, -0.25) is 4.79 Å². The molecule has 0 saturated heterocycles. The summed E-state index contributed by atoms with van der Waals surface area (Å²) >= 11 is 0. The Hall–Kier alpha value is -1.79. The van der Waals surface area contributed by atoms with E-state index in [1.807, 2.05) is 24.3 Å². The van der Waals surface area contributed by atoms with E-state index in [0.717, 1.165) is 12.1 Å². The van der Waals surface area contributed by atoms with Gasteiger partial charge >= 0.3 is 0 Å². The van der Waals surface area contributed by atoms with E-state index in [4.69, 9.17) is 12.2 Å². The molecule has 0 bridgehead atoms. The van der Waals surface area contributed by atoms with Crippen LogP contribution in [0.15, 0.2) is 24.3 Å². The number of nitrogens with two attached hydrogens (primary N) is 1. The molecule has 0 spiro atoms. The quantitative estimate of drug-likeness (QED) is 0.750. The number of nitrogens with one attached hydrogen (secondary N) is 1. The second kappa shape index (κ2) is 5.94. The third kappa shape index (κ3) is 3.41. The van der Waals surface area contributed by atoms with Crippen molar-refractivity contribution in [1.29, 1.82) is 0 Å². The lowest BCUT2D eigenvalue weighted by molar-refractivity contribution is -0.117. The molecule has 1 atom stereocenters. The number of anilines is 1. The first-order chi connectivity index (χ1) is 7.67. The number of carbonyl (C=O) groups excluding carboxylic acids is 1. The van der Waals surface area contributed by atoms with E-state index in [2.05, 4.69) is 18.2 Å². The van der Waals surface area contributed by atoms with Gasteiger partial charge in [0.1, 0.15) is 0 Å². The Morgan fingerprint density at radius 3 is 2.62 bits per heavy atom. The summed E-state index contributed by atoms with van der Waals surface area (Å²) in [5.41, 5.74) is 7.55. The number of terminal acetylenes is 1. The van der Waals surface area contributed by atoms with Crippen molar-refractivity contribution in [2.75, 3.05) is 5.32 Å². The summed E-state index contributed by atoms with van der Waals surface area (Å²) < 4.78 is 0. The number of carbonyl (C=O) groups is 1. The molecule has 0 aromatic heterocycles. The Kier molecular flexibility index (Phi) is 4.56. The zero-order valence-corrected chi connectivity index (χ0v) is 9.36. The highest BCUT2D eigenvalue weighted by Crippen LogP contribution is 2.10. The molecule has 16 heavy (non-hydrogen) atoms. The Balaban J connectivity index is 2.59. The molecule has 1 aromatic rings. The van der Waals surface area contributed by atoms with Gasteiger partial charge in [-0.05, 0) is 24.1 Å². The van der Waals surface area contributed by atoms with E-state index < -0.39 is 6.04 Å². The Morgan fingerprint density at radius 2 is 2.12 bits per heavy atom. The van der Waals surface area contributed by atoms with Crippen LogP contribution in [-0.2, 0) is 11.2 Å². The van der Waals surface area contributed by atoms with Crippen LogP contribution in [0.5, 0.6) is 0 Å². The van der Waals surface area contributed by atoms with E-state index in [9.17, 15) is 4.79 Å². The molecule has 1 aromatic carbocycles. The third-order valence-corrected chi connectivity index (χ3v) is 2.30. The van der Waals surface area contributed by atoms with Gasteiger partial charge in [0.15, 0.2) is 0 Å². The maximum atomic E-state index is 11.5. The fraction of sp³-hybridized carbons (Fsp3) is 0.308. The summed E-state index contributed by atoms with van der Waals surface area (Å²) in [4.78, 5) is 11.5. The average Bonchev–Trinajstić information content (AvgIpc) is 2.30. The monoisotopic (exact) mass is 216 g/mol. The van der Waals surface area contributed by atoms with Gasteiger partial charge in [0.05, 0.1) is 6.04 Å². The minimum absolute atomic E-state index is 0.248. The molecule has 0 saturated carbocycles. The molecule has 0 fully saturated rings. The van der Waals surface area contributed by atoms with Crippen molar-refractivity contribution in [3.63, 3.8) is 0 Å². The topological polar surface area (TPSA) is 55.1 Å². The van der Waals surface area contributed by atoms with Crippen LogP contribution in [0.4, 0.5) is 5.69 Å². The van der Waals surface area contributed by atoms with Crippen molar-refractivity contribution in [2.24, 2.45) is 5.73 Å². The van der Waals surface area contributed by atoms with Gasteiger partial charge in [-0.2, -0.15) is 0 Å². The largest absolute Gasteiger partial charge is 0.325 e. The summed E-state index contributed by atoms with van der Waals surface area (Å²) in [6.45, 7) is 2.08. The number of aryl methyl sites for hydroxylation is 1. The molecule has 1 amide bonds.